The first-order valence-electron chi connectivity index (χ1n) is 8.57. The topological polar surface area (TPSA) is 71.7 Å². The molecule has 1 aromatic carbocycles. The zero-order chi connectivity index (χ0) is 18.2. The molecule has 0 bridgehead atoms. The Morgan fingerprint density at radius 2 is 1.84 bits per heavy atom. The van der Waals surface area contributed by atoms with Crippen LogP contribution >= 0.6 is 0 Å². The van der Waals surface area contributed by atoms with Gasteiger partial charge in [0.2, 0.25) is 5.89 Å². The quantitative estimate of drug-likeness (QED) is 0.596. The molecule has 0 saturated heterocycles. The zero-order valence-electron chi connectivity index (χ0n) is 15.7. The fourth-order valence-corrected chi connectivity index (χ4v) is 2.15. The van der Waals surface area contributed by atoms with Crippen molar-refractivity contribution < 1.29 is 9.15 Å². The summed E-state index contributed by atoms with van der Waals surface area (Å²) in [6, 6.07) is 8.09. The van der Waals surface area contributed by atoms with E-state index in [1.165, 1.54) is 0 Å². The second-order valence-electron chi connectivity index (χ2n) is 6.38. The highest BCUT2D eigenvalue weighted by atomic mass is 16.5. The first-order valence-corrected chi connectivity index (χ1v) is 8.57. The lowest BCUT2D eigenvalue weighted by Crippen LogP contribution is -2.36. The van der Waals surface area contributed by atoms with E-state index >= 15 is 0 Å². The van der Waals surface area contributed by atoms with Crippen LogP contribution in [0.1, 0.15) is 36.8 Å². The van der Waals surface area contributed by atoms with Crippen molar-refractivity contribution in [1.29, 1.82) is 0 Å². The molecule has 2 N–H and O–H groups in total. The second kappa shape index (κ2) is 9.11. The molecule has 6 heteroatoms. The summed E-state index contributed by atoms with van der Waals surface area (Å²) in [6.07, 6.45) is 0. The first kappa shape index (κ1) is 18.8. The fourth-order valence-electron chi connectivity index (χ4n) is 2.15. The number of hydrogen-bond acceptors (Lipinski definition) is 4. The normalized spacial score (nSPS) is 11.7. The third kappa shape index (κ3) is 6.14. The molecule has 0 unspecified atom stereocenters. The molecule has 6 nitrogen and oxygen atoms in total. The van der Waals surface area contributed by atoms with Crippen molar-refractivity contribution in [1.82, 2.24) is 15.6 Å². The third-order valence-electron chi connectivity index (χ3n) is 3.67. The van der Waals surface area contributed by atoms with E-state index < -0.39 is 0 Å². The summed E-state index contributed by atoms with van der Waals surface area (Å²) in [4.78, 5) is 8.56. The predicted octanol–water partition coefficient (Wildman–Crippen LogP) is 3.19. The van der Waals surface area contributed by atoms with Gasteiger partial charge in [-0.05, 0) is 37.5 Å². The molecule has 136 valence electrons. The van der Waals surface area contributed by atoms with Gasteiger partial charge in [0.15, 0.2) is 5.96 Å². The monoisotopic (exact) mass is 344 g/mol. The van der Waals surface area contributed by atoms with Crippen LogP contribution in [0, 0.1) is 19.8 Å². The number of nitrogens with one attached hydrogen (secondary N) is 2. The number of aromatic nitrogens is 1. The lowest BCUT2D eigenvalue weighted by Gasteiger charge is -2.12. The van der Waals surface area contributed by atoms with Crippen molar-refractivity contribution in [2.75, 3.05) is 13.7 Å². The molecule has 0 fully saturated rings. The summed E-state index contributed by atoms with van der Waals surface area (Å²) in [7, 11) is 1.74. The summed E-state index contributed by atoms with van der Waals surface area (Å²) in [5, 5.41) is 6.47. The number of aliphatic imine (C=N–C) groups is 1. The maximum absolute atomic E-state index is 5.69. The molecule has 2 aromatic rings. The standard InChI is InChI=1S/C19H28N4O2/c1-13(2)12-24-17-8-6-16(7-9-17)10-21-19(20-5)22-11-18-23-14(3)15(4)25-18/h6-9,13H,10-12H2,1-5H3,(H2,20,21,22). The second-order valence-corrected chi connectivity index (χ2v) is 6.38. The van der Waals surface area contributed by atoms with Crippen molar-refractivity contribution >= 4 is 5.96 Å². The minimum atomic E-state index is 0.496. The highest BCUT2D eigenvalue weighted by Gasteiger charge is 2.06. The highest BCUT2D eigenvalue weighted by Crippen LogP contribution is 2.13. The van der Waals surface area contributed by atoms with Gasteiger partial charge in [0.05, 0.1) is 18.8 Å². The summed E-state index contributed by atoms with van der Waals surface area (Å²) in [5.74, 6) is 3.62. The van der Waals surface area contributed by atoms with E-state index in [9.17, 15) is 0 Å². The van der Waals surface area contributed by atoms with Gasteiger partial charge in [-0.25, -0.2) is 4.98 Å². The lowest BCUT2D eigenvalue weighted by atomic mass is 10.2. The van der Waals surface area contributed by atoms with Crippen LogP contribution in [0.15, 0.2) is 33.7 Å². The van der Waals surface area contributed by atoms with E-state index in [0.29, 0.717) is 30.9 Å². The molecular formula is C19H28N4O2. The van der Waals surface area contributed by atoms with E-state index in [4.69, 9.17) is 9.15 Å². The zero-order valence-corrected chi connectivity index (χ0v) is 15.7. The Bertz CT molecular complexity index is 670. The molecular weight excluding hydrogens is 316 g/mol. The Morgan fingerprint density at radius 1 is 1.16 bits per heavy atom. The molecule has 0 saturated carbocycles. The Hall–Kier alpha value is -2.50. The molecule has 0 atom stereocenters. The SMILES string of the molecule is CN=C(NCc1ccc(OCC(C)C)cc1)NCc1nc(C)c(C)o1. The molecule has 25 heavy (non-hydrogen) atoms. The smallest absolute Gasteiger partial charge is 0.214 e. The van der Waals surface area contributed by atoms with Gasteiger partial charge in [-0.1, -0.05) is 26.0 Å². The van der Waals surface area contributed by atoms with Crippen LogP contribution in [0.4, 0.5) is 0 Å². The molecule has 0 aliphatic carbocycles. The van der Waals surface area contributed by atoms with Gasteiger partial charge in [0.25, 0.3) is 0 Å². The lowest BCUT2D eigenvalue weighted by molar-refractivity contribution is 0.271. The minimum absolute atomic E-state index is 0.496. The van der Waals surface area contributed by atoms with Crippen LogP contribution in [0.3, 0.4) is 0 Å². The van der Waals surface area contributed by atoms with Gasteiger partial charge in [-0.15, -0.1) is 0 Å². The number of rotatable bonds is 7. The van der Waals surface area contributed by atoms with Gasteiger partial charge in [-0.2, -0.15) is 0 Å². The van der Waals surface area contributed by atoms with Crippen molar-refractivity contribution in [2.24, 2.45) is 10.9 Å². The average Bonchev–Trinajstić information content (AvgIpc) is 2.92. The molecule has 0 spiro atoms. The van der Waals surface area contributed by atoms with Crippen LogP contribution in [-0.4, -0.2) is 24.6 Å². The largest absolute Gasteiger partial charge is 0.493 e. The molecule has 0 amide bonds. The van der Waals surface area contributed by atoms with Crippen molar-refractivity contribution in [3.8, 4) is 5.75 Å². The average molecular weight is 344 g/mol. The summed E-state index contributed by atoms with van der Waals surface area (Å²) >= 11 is 0. The molecule has 1 aromatic heterocycles. The van der Waals surface area contributed by atoms with Crippen LogP contribution in [0.2, 0.25) is 0 Å². The number of aryl methyl sites for hydroxylation is 2. The van der Waals surface area contributed by atoms with Gasteiger partial charge >= 0.3 is 0 Å². The first-order chi connectivity index (χ1) is 12.0. The van der Waals surface area contributed by atoms with Gasteiger partial charge < -0.3 is 19.8 Å². The Balaban J connectivity index is 1.80. The van der Waals surface area contributed by atoms with Crippen molar-refractivity contribution in [3.63, 3.8) is 0 Å². The third-order valence-corrected chi connectivity index (χ3v) is 3.67. The molecule has 2 rings (SSSR count). The molecule has 0 aliphatic rings. The van der Waals surface area contributed by atoms with E-state index in [1.807, 2.05) is 26.0 Å². The Kier molecular flexibility index (Phi) is 6.86. The predicted molar refractivity (Wildman–Crippen MR) is 99.8 cm³/mol. The summed E-state index contributed by atoms with van der Waals surface area (Å²) in [5.41, 5.74) is 2.07. The summed E-state index contributed by atoms with van der Waals surface area (Å²) in [6.45, 7) is 10.0. The number of oxazole rings is 1. The summed E-state index contributed by atoms with van der Waals surface area (Å²) < 4.78 is 11.2. The van der Waals surface area contributed by atoms with Crippen LogP contribution in [0.25, 0.3) is 0 Å². The molecule has 0 radical (unpaired) electrons. The van der Waals surface area contributed by atoms with E-state index in [-0.39, 0.29) is 0 Å². The van der Waals surface area contributed by atoms with Gasteiger partial charge in [0, 0.05) is 13.6 Å². The molecule has 0 aliphatic heterocycles. The van der Waals surface area contributed by atoms with E-state index in [1.54, 1.807) is 7.05 Å². The van der Waals surface area contributed by atoms with Crippen LogP contribution < -0.4 is 15.4 Å². The van der Waals surface area contributed by atoms with Crippen LogP contribution in [-0.2, 0) is 13.1 Å². The van der Waals surface area contributed by atoms with Crippen molar-refractivity contribution in [3.05, 3.63) is 47.2 Å². The highest BCUT2D eigenvalue weighted by molar-refractivity contribution is 5.79. The number of nitrogens with zero attached hydrogens (tertiary/aromatic N) is 2. The van der Waals surface area contributed by atoms with Gasteiger partial charge in [0.1, 0.15) is 11.5 Å². The van der Waals surface area contributed by atoms with E-state index in [2.05, 4.69) is 46.6 Å². The van der Waals surface area contributed by atoms with Gasteiger partial charge in [-0.3, -0.25) is 4.99 Å². The Morgan fingerprint density at radius 3 is 2.40 bits per heavy atom. The number of guanidine groups is 1. The van der Waals surface area contributed by atoms with Crippen LogP contribution in [0.5, 0.6) is 5.75 Å². The minimum Gasteiger partial charge on any atom is -0.493 e. The maximum atomic E-state index is 5.69. The molecule has 1 heterocycles. The number of hydrogen-bond donors (Lipinski definition) is 2. The van der Waals surface area contributed by atoms with Crippen molar-refractivity contribution in [2.45, 2.75) is 40.8 Å². The van der Waals surface area contributed by atoms with E-state index in [0.717, 1.165) is 29.4 Å². The Labute approximate surface area is 149 Å². The number of ether oxygens (including phenoxy) is 1. The fraction of sp³-hybridized carbons (Fsp3) is 0.474. The number of benzene rings is 1. The maximum Gasteiger partial charge on any atom is 0.214 e.